The van der Waals surface area contributed by atoms with Crippen molar-refractivity contribution in [3.63, 3.8) is 0 Å². The van der Waals surface area contributed by atoms with Crippen LogP contribution in [0.2, 0.25) is 5.02 Å². The normalized spacial score (nSPS) is 19.6. The van der Waals surface area contributed by atoms with E-state index in [2.05, 4.69) is 19.3 Å². The van der Waals surface area contributed by atoms with Gasteiger partial charge in [-0.05, 0) is 35.6 Å². The van der Waals surface area contributed by atoms with Crippen molar-refractivity contribution in [1.82, 2.24) is 4.90 Å². The van der Waals surface area contributed by atoms with E-state index in [9.17, 15) is 4.79 Å². The molecule has 0 saturated heterocycles. The van der Waals surface area contributed by atoms with Crippen molar-refractivity contribution in [3.05, 3.63) is 34.3 Å². The van der Waals surface area contributed by atoms with Crippen LogP contribution in [0, 0.1) is 0 Å². The zero-order chi connectivity index (χ0) is 14.0. The first kappa shape index (κ1) is 14.6. The smallest absolute Gasteiger partial charge is 0.267 e. The van der Waals surface area contributed by atoms with Crippen molar-refractivity contribution in [2.45, 2.75) is 19.3 Å². The van der Waals surface area contributed by atoms with E-state index in [0.29, 0.717) is 12.1 Å². The van der Waals surface area contributed by atoms with Gasteiger partial charge in [0.25, 0.3) is 5.91 Å². The first-order chi connectivity index (χ1) is 8.97. The molecule has 0 aromatic heterocycles. The number of carbonyl (C=O) groups excluding carboxylic acids is 1. The Hall–Kier alpha value is -0.850. The van der Waals surface area contributed by atoms with E-state index in [-0.39, 0.29) is 5.91 Å². The highest BCUT2D eigenvalue weighted by Crippen LogP contribution is 2.28. The second-order valence-corrected chi connectivity index (χ2v) is 7.81. The lowest BCUT2D eigenvalue weighted by Gasteiger charge is -2.21. The number of benzene rings is 1. The molecule has 2 atom stereocenters. The Morgan fingerprint density at radius 2 is 2.32 bits per heavy atom. The highest BCUT2D eigenvalue weighted by atomic mass is 35.5. The molecule has 1 heterocycles. The zero-order valence-corrected chi connectivity index (χ0v) is 13.2. The Morgan fingerprint density at radius 3 is 3.00 bits per heavy atom. The number of halogens is 1. The van der Waals surface area contributed by atoms with Crippen molar-refractivity contribution >= 4 is 31.4 Å². The summed E-state index contributed by atoms with van der Waals surface area (Å²) in [6.07, 6.45) is 5.48. The van der Waals surface area contributed by atoms with Crippen molar-refractivity contribution < 1.29 is 4.79 Å². The summed E-state index contributed by atoms with van der Waals surface area (Å²) < 4.78 is 0. The molecular weight excluding hydrogens is 277 g/mol. The third-order valence-electron chi connectivity index (χ3n) is 3.54. The summed E-state index contributed by atoms with van der Waals surface area (Å²) in [6.45, 7) is 5.80. The Labute approximate surface area is 121 Å². The van der Waals surface area contributed by atoms with E-state index in [1.807, 2.05) is 23.7 Å². The third-order valence-corrected chi connectivity index (χ3v) is 4.59. The molecule has 1 amide bonds. The monoisotopic (exact) mass is 296 g/mol. The molecule has 0 spiro atoms. The van der Waals surface area contributed by atoms with Gasteiger partial charge in [0.1, 0.15) is 0 Å². The highest BCUT2D eigenvalue weighted by molar-refractivity contribution is 7.55. The maximum atomic E-state index is 12.2. The van der Waals surface area contributed by atoms with Gasteiger partial charge in [-0.15, -0.1) is 0 Å². The van der Waals surface area contributed by atoms with Gasteiger partial charge in [0.2, 0.25) is 0 Å². The fourth-order valence-corrected chi connectivity index (χ4v) is 3.43. The molecule has 1 aliphatic heterocycles. The van der Waals surface area contributed by atoms with Gasteiger partial charge in [-0.3, -0.25) is 4.79 Å². The zero-order valence-electron chi connectivity index (χ0n) is 11.5. The number of amides is 1. The summed E-state index contributed by atoms with van der Waals surface area (Å²) in [7, 11) is -0.414. The molecule has 0 saturated carbocycles. The largest absolute Gasteiger partial charge is 0.338 e. The lowest BCUT2D eigenvalue weighted by molar-refractivity contribution is -0.128. The average Bonchev–Trinajstić information content (AvgIpc) is 2.49. The topological polar surface area (TPSA) is 20.3 Å². The maximum absolute atomic E-state index is 12.2. The molecule has 102 valence electrons. The first-order valence-corrected chi connectivity index (χ1v) is 9.09. The molecular formula is C15H20ClNOP+. The molecule has 1 aromatic carbocycles. The van der Waals surface area contributed by atoms with Gasteiger partial charge in [-0.2, -0.15) is 0 Å². The number of nitrogens with zero attached hydrogens (tertiary/aromatic N) is 1. The molecule has 2 nitrogen and oxygen atoms in total. The van der Waals surface area contributed by atoms with Crippen LogP contribution in [0.15, 0.2) is 18.2 Å². The van der Waals surface area contributed by atoms with Crippen LogP contribution in [-0.4, -0.2) is 43.0 Å². The Bertz CT molecular complexity index is 515. The van der Waals surface area contributed by atoms with Crippen molar-refractivity contribution in [2.24, 2.45) is 0 Å². The standard InChI is InChI=1S/C15H20ClNOP/c1-11-9-17(15(18)10-19(2)3)7-6-12-4-5-13(16)8-14(11)12/h4-5,8,11H,2,6-7,9-10H2,1,3H3/q+1. The summed E-state index contributed by atoms with van der Waals surface area (Å²) in [5.41, 5.74) is 2.61. The van der Waals surface area contributed by atoms with Gasteiger partial charge >= 0.3 is 0 Å². The predicted molar refractivity (Wildman–Crippen MR) is 85.0 cm³/mol. The van der Waals surface area contributed by atoms with Crippen LogP contribution in [0.25, 0.3) is 0 Å². The molecule has 0 radical (unpaired) electrons. The van der Waals surface area contributed by atoms with Gasteiger partial charge in [0.15, 0.2) is 6.16 Å². The van der Waals surface area contributed by atoms with Crippen molar-refractivity contribution in [2.75, 3.05) is 25.9 Å². The Kier molecular flexibility index (Phi) is 4.65. The van der Waals surface area contributed by atoms with Gasteiger partial charge < -0.3 is 4.90 Å². The van der Waals surface area contributed by atoms with Crippen LogP contribution in [0.5, 0.6) is 0 Å². The van der Waals surface area contributed by atoms with Crippen LogP contribution in [-0.2, 0) is 11.2 Å². The molecule has 1 aliphatic rings. The van der Waals surface area contributed by atoms with Crippen LogP contribution in [0.1, 0.15) is 24.0 Å². The second-order valence-electron chi connectivity index (χ2n) is 5.35. The summed E-state index contributed by atoms with van der Waals surface area (Å²) in [6, 6.07) is 6.08. The highest BCUT2D eigenvalue weighted by Gasteiger charge is 2.25. The van der Waals surface area contributed by atoms with Crippen LogP contribution in [0.4, 0.5) is 0 Å². The first-order valence-electron chi connectivity index (χ1n) is 6.55. The minimum absolute atomic E-state index is 0.245. The fourth-order valence-electron chi connectivity index (χ4n) is 2.59. The van der Waals surface area contributed by atoms with Gasteiger partial charge in [-0.1, -0.05) is 24.6 Å². The molecule has 1 aromatic rings. The van der Waals surface area contributed by atoms with Gasteiger partial charge in [0.05, 0.1) is 20.5 Å². The fraction of sp³-hybridized carbons (Fsp3) is 0.467. The molecule has 2 rings (SSSR count). The Morgan fingerprint density at radius 1 is 1.58 bits per heavy atom. The minimum atomic E-state index is -0.414. The molecule has 0 fully saturated rings. The van der Waals surface area contributed by atoms with E-state index in [1.54, 1.807) is 0 Å². The summed E-state index contributed by atoms with van der Waals surface area (Å²) in [5.74, 6) is 0.586. The van der Waals surface area contributed by atoms with Crippen LogP contribution < -0.4 is 0 Å². The predicted octanol–water partition coefficient (Wildman–Crippen LogP) is 3.37. The van der Waals surface area contributed by atoms with Crippen LogP contribution >= 0.6 is 19.1 Å². The number of carbonyl (C=O) groups is 1. The second kappa shape index (κ2) is 6.07. The summed E-state index contributed by atoms with van der Waals surface area (Å²) in [5, 5.41) is 0.778. The molecule has 4 heteroatoms. The Balaban J connectivity index is 2.17. The van der Waals surface area contributed by atoms with E-state index >= 15 is 0 Å². The van der Waals surface area contributed by atoms with E-state index in [4.69, 9.17) is 11.6 Å². The third kappa shape index (κ3) is 3.58. The molecule has 2 unspecified atom stereocenters. The van der Waals surface area contributed by atoms with Gasteiger partial charge in [-0.25, -0.2) is 0 Å². The molecule has 0 N–H and O–H groups in total. The van der Waals surface area contributed by atoms with Crippen molar-refractivity contribution in [1.29, 1.82) is 0 Å². The average molecular weight is 297 g/mol. The van der Waals surface area contributed by atoms with Crippen molar-refractivity contribution in [3.8, 4) is 0 Å². The molecule has 0 aliphatic carbocycles. The van der Waals surface area contributed by atoms with E-state index in [1.165, 1.54) is 11.1 Å². The quantitative estimate of drug-likeness (QED) is 0.766. The van der Waals surface area contributed by atoms with E-state index < -0.39 is 7.55 Å². The maximum Gasteiger partial charge on any atom is 0.267 e. The summed E-state index contributed by atoms with van der Waals surface area (Å²) >= 11 is 6.08. The van der Waals surface area contributed by atoms with Crippen LogP contribution in [0.3, 0.4) is 0 Å². The van der Waals surface area contributed by atoms with Gasteiger partial charge in [0, 0.05) is 18.1 Å². The molecule has 0 bridgehead atoms. The molecule has 19 heavy (non-hydrogen) atoms. The van der Waals surface area contributed by atoms with E-state index in [0.717, 1.165) is 24.5 Å². The lowest BCUT2D eigenvalue weighted by atomic mass is 9.95. The lowest BCUT2D eigenvalue weighted by Crippen LogP contribution is -2.35. The number of rotatable bonds is 2. The minimum Gasteiger partial charge on any atom is -0.338 e. The number of hydrogen-bond donors (Lipinski definition) is 0. The SMILES string of the molecule is C=[P+](C)CC(=O)N1CCc2ccc(Cl)cc2C(C)C1. The number of fused-ring (bicyclic) bond motifs is 1. The summed E-state index contributed by atoms with van der Waals surface area (Å²) in [4.78, 5) is 14.2. The number of hydrogen-bond acceptors (Lipinski definition) is 1.